The fourth-order valence-electron chi connectivity index (χ4n) is 0.854. The molecule has 3 nitrogen and oxygen atoms in total. The fraction of sp³-hybridized carbons (Fsp3) is 0.889. The molecule has 2 N–H and O–H groups in total. The summed E-state index contributed by atoms with van der Waals surface area (Å²) in [6.07, 6.45) is 0.851. The van der Waals surface area contributed by atoms with Crippen molar-refractivity contribution in [2.24, 2.45) is 10.7 Å². The Hall–Kier alpha value is -0.570. The highest BCUT2D eigenvalue weighted by Gasteiger charge is 2.09. The van der Waals surface area contributed by atoms with E-state index >= 15 is 0 Å². The summed E-state index contributed by atoms with van der Waals surface area (Å²) in [5, 5.41) is 0. The van der Waals surface area contributed by atoms with Crippen LogP contribution in [-0.4, -0.2) is 24.6 Å². The van der Waals surface area contributed by atoms with Crippen molar-refractivity contribution in [1.82, 2.24) is 0 Å². The molecule has 0 aromatic rings. The fourth-order valence-corrected chi connectivity index (χ4v) is 0.854. The zero-order chi connectivity index (χ0) is 9.78. The Labute approximate surface area is 75.0 Å². The summed E-state index contributed by atoms with van der Waals surface area (Å²) in [5.41, 5.74) is 5.62. The molecule has 0 aliphatic rings. The summed E-state index contributed by atoms with van der Waals surface area (Å²) in [5.74, 6) is 0.664. The summed E-state index contributed by atoms with van der Waals surface area (Å²) in [4.78, 5) is 4.31. The van der Waals surface area contributed by atoms with E-state index in [4.69, 9.17) is 10.5 Å². The Morgan fingerprint density at radius 3 is 2.33 bits per heavy atom. The van der Waals surface area contributed by atoms with Crippen LogP contribution in [0.2, 0.25) is 0 Å². The first-order valence-corrected chi connectivity index (χ1v) is 4.22. The summed E-state index contributed by atoms with van der Waals surface area (Å²) < 4.78 is 5.07. The number of methoxy groups -OCH3 is 1. The predicted octanol–water partition coefficient (Wildman–Crippen LogP) is 1.57. The van der Waals surface area contributed by atoms with E-state index in [1.165, 1.54) is 0 Å². The minimum absolute atomic E-state index is 0.0858. The van der Waals surface area contributed by atoms with Gasteiger partial charge in [0, 0.05) is 13.5 Å². The highest BCUT2D eigenvalue weighted by atomic mass is 16.5. The lowest BCUT2D eigenvalue weighted by molar-refractivity contribution is 0.124. The van der Waals surface area contributed by atoms with Gasteiger partial charge >= 0.3 is 0 Å². The maximum Gasteiger partial charge on any atom is 0.0969 e. The average molecular weight is 172 g/mol. The molecule has 0 aromatic carbocycles. The molecule has 0 fully saturated rings. The van der Waals surface area contributed by atoms with E-state index in [2.05, 4.69) is 4.99 Å². The smallest absolute Gasteiger partial charge is 0.0969 e. The lowest BCUT2D eigenvalue weighted by atomic mass is 10.1. The van der Waals surface area contributed by atoms with Crippen molar-refractivity contribution in [2.75, 3.05) is 7.11 Å². The van der Waals surface area contributed by atoms with Gasteiger partial charge in [-0.25, -0.2) is 0 Å². The van der Waals surface area contributed by atoms with Gasteiger partial charge in [0.15, 0.2) is 0 Å². The lowest BCUT2D eigenvalue weighted by Crippen LogP contribution is -2.24. The Morgan fingerprint density at radius 2 is 2.00 bits per heavy atom. The molecule has 0 amide bonds. The van der Waals surface area contributed by atoms with Crippen LogP contribution in [-0.2, 0) is 4.74 Å². The van der Waals surface area contributed by atoms with Crippen molar-refractivity contribution < 1.29 is 4.74 Å². The zero-order valence-electron chi connectivity index (χ0n) is 8.72. The molecule has 0 aliphatic heterocycles. The second-order valence-electron chi connectivity index (χ2n) is 4.02. The topological polar surface area (TPSA) is 47.6 Å². The number of nitrogens with two attached hydrogens (primary N) is 1. The average Bonchev–Trinajstić information content (AvgIpc) is 1.82. The molecule has 0 rings (SSSR count). The van der Waals surface area contributed by atoms with Crippen molar-refractivity contribution in [3.63, 3.8) is 0 Å². The predicted molar refractivity (Wildman–Crippen MR) is 52.5 cm³/mol. The van der Waals surface area contributed by atoms with Gasteiger partial charge in [-0.05, 0) is 27.7 Å². The van der Waals surface area contributed by atoms with Gasteiger partial charge in [0.2, 0.25) is 0 Å². The number of nitrogens with zero attached hydrogens (tertiary/aromatic N) is 1. The van der Waals surface area contributed by atoms with Crippen LogP contribution >= 0.6 is 0 Å². The molecule has 0 saturated carbocycles. The van der Waals surface area contributed by atoms with E-state index < -0.39 is 0 Å². The van der Waals surface area contributed by atoms with Gasteiger partial charge in [0.25, 0.3) is 0 Å². The minimum atomic E-state index is -0.0858. The van der Waals surface area contributed by atoms with Gasteiger partial charge in [-0.1, -0.05) is 0 Å². The Kier molecular flexibility index (Phi) is 4.24. The molecule has 0 heterocycles. The molecular formula is C9H20N2O. The second kappa shape index (κ2) is 4.45. The molecule has 0 radical (unpaired) electrons. The quantitative estimate of drug-likeness (QED) is 0.519. The molecular weight excluding hydrogens is 152 g/mol. The monoisotopic (exact) mass is 172 g/mol. The third-order valence-corrected chi connectivity index (χ3v) is 1.38. The standard InChI is InChI=1S/C9H20N2O/c1-7(12-5)6-8(10)11-9(2,3)4/h7H,6H2,1-5H3,(H2,10,11). The highest BCUT2D eigenvalue weighted by Crippen LogP contribution is 2.07. The van der Waals surface area contributed by atoms with Crippen LogP contribution in [0.4, 0.5) is 0 Å². The maximum absolute atomic E-state index is 5.71. The SMILES string of the molecule is COC(C)CC(N)=NC(C)(C)C. The second-order valence-corrected chi connectivity index (χ2v) is 4.02. The number of amidine groups is 1. The van der Waals surface area contributed by atoms with Gasteiger partial charge in [0.1, 0.15) is 0 Å². The number of rotatable bonds is 3. The molecule has 1 atom stereocenters. The van der Waals surface area contributed by atoms with Crippen LogP contribution < -0.4 is 5.73 Å². The highest BCUT2D eigenvalue weighted by molar-refractivity contribution is 5.81. The molecule has 0 saturated heterocycles. The van der Waals surface area contributed by atoms with E-state index in [0.29, 0.717) is 12.3 Å². The van der Waals surface area contributed by atoms with Crippen LogP contribution in [0.15, 0.2) is 4.99 Å². The molecule has 0 aromatic heterocycles. The zero-order valence-corrected chi connectivity index (χ0v) is 8.72. The third kappa shape index (κ3) is 6.16. The first-order chi connectivity index (χ1) is 5.35. The van der Waals surface area contributed by atoms with E-state index in [9.17, 15) is 0 Å². The van der Waals surface area contributed by atoms with Crippen LogP contribution in [0.25, 0.3) is 0 Å². The largest absolute Gasteiger partial charge is 0.387 e. The van der Waals surface area contributed by atoms with E-state index in [-0.39, 0.29) is 11.6 Å². The van der Waals surface area contributed by atoms with Gasteiger partial charge < -0.3 is 10.5 Å². The van der Waals surface area contributed by atoms with Crippen molar-refractivity contribution in [3.05, 3.63) is 0 Å². The van der Waals surface area contributed by atoms with Gasteiger partial charge in [-0.2, -0.15) is 0 Å². The van der Waals surface area contributed by atoms with Gasteiger partial charge in [0.05, 0.1) is 17.5 Å². The summed E-state index contributed by atoms with van der Waals surface area (Å²) >= 11 is 0. The third-order valence-electron chi connectivity index (χ3n) is 1.38. The van der Waals surface area contributed by atoms with Crippen LogP contribution in [0.3, 0.4) is 0 Å². The first kappa shape index (κ1) is 11.4. The molecule has 3 heteroatoms. The molecule has 0 spiro atoms. The molecule has 1 unspecified atom stereocenters. The van der Waals surface area contributed by atoms with Crippen molar-refractivity contribution in [3.8, 4) is 0 Å². The molecule has 12 heavy (non-hydrogen) atoms. The number of hydrogen-bond acceptors (Lipinski definition) is 2. The van der Waals surface area contributed by atoms with Crippen molar-refractivity contribution in [1.29, 1.82) is 0 Å². The summed E-state index contributed by atoms with van der Waals surface area (Å²) in [6, 6.07) is 0. The van der Waals surface area contributed by atoms with Crippen LogP contribution in [0.1, 0.15) is 34.1 Å². The molecule has 0 aliphatic carbocycles. The molecule has 72 valence electrons. The summed E-state index contributed by atoms with van der Waals surface area (Å²) in [7, 11) is 1.68. The minimum Gasteiger partial charge on any atom is -0.387 e. The van der Waals surface area contributed by atoms with Crippen molar-refractivity contribution in [2.45, 2.75) is 45.8 Å². The van der Waals surface area contributed by atoms with Gasteiger partial charge in [-0.3, -0.25) is 4.99 Å². The number of aliphatic imine (C=N–C) groups is 1. The lowest BCUT2D eigenvalue weighted by Gasteiger charge is -2.15. The van der Waals surface area contributed by atoms with E-state index in [1.54, 1.807) is 7.11 Å². The summed E-state index contributed by atoms with van der Waals surface area (Å²) in [6.45, 7) is 8.05. The Bertz CT molecular complexity index is 158. The molecule has 0 bridgehead atoms. The van der Waals surface area contributed by atoms with Crippen molar-refractivity contribution >= 4 is 5.84 Å². The van der Waals surface area contributed by atoms with E-state index in [1.807, 2.05) is 27.7 Å². The maximum atomic E-state index is 5.71. The number of hydrogen-bond donors (Lipinski definition) is 1. The van der Waals surface area contributed by atoms with Crippen LogP contribution in [0, 0.1) is 0 Å². The number of ether oxygens (including phenoxy) is 1. The Balaban J connectivity index is 4.03. The first-order valence-electron chi connectivity index (χ1n) is 4.22. The normalized spacial score (nSPS) is 16.2. The van der Waals surface area contributed by atoms with E-state index in [0.717, 1.165) is 0 Å². The van der Waals surface area contributed by atoms with Gasteiger partial charge in [-0.15, -0.1) is 0 Å². The van der Waals surface area contributed by atoms with Crippen LogP contribution in [0.5, 0.6) is 0 Å². The Morgan fingerprint density at radius 1 is 1.50 bits per heavy atom.